The molecule has 3 nitrogen and oxygen atoms in total. The first-order chi connectivity index (χ1) is 9.67. The summed E-state index contributed by atoms with van der Waals surface area (Å²) in [6.45, 7) is 3.51. The van der Waals surface area contributed by atoms with Gasteiger partial charge in [0.25, 0.3) is 0 Å². The summed E-state index contributed by atoms with van der Waals surface area (Å²) in [5.74, 6) is 2.66. The molecule has 2 aliphatic rings. The highest BCUT2D eigenvalue weighted by Crippen LogP contribution is 2.38. The van der Waals surface area contributed by atoms with Gasteiger partial charge in [0.2, 0.25) is 0 Å². The molecule has 1 aromatic rings. The zero-order valence-corrected chi connectivity index (χ0v) is 12.8. The van der Waals surface area contributed by atoms with Crippen LogP contribution in [0.4, 0.5) is 0 Å². The molecule has 0 aromatic heterocycles. The molecular weight excluding hydrogens is 268 g/mol. The van der Waals surface area contributed by atoms with Crippen molar-refractivity contribution in [3.05, 3.63) is 29.3 Å². The minimum atomic E-state index is 0.393. The molecule has 2 unspecified atom stereocenters. The molecule has 0 radical (unpaired) electrons. The third kappa shape index (κ3) is 2.67. The van der Waals surface area contributed by atoms with E-state index in [0.717, 1.165) is 29.7 Å². The fourth-order valence-electron chi connectivity index (χ4n) is 3.76. The van der Waals surface area contributed by atoms with Crippen molar-refractivity contribution in [1.29, 1.82) is 0 Å². The lowest BCUT2D eigenvalue weighted by Crippen LogP contribution is -2.21. The highest BCUT2D eigenvalue weighted by Gasteiger charge is 2.35. The van der Waals surface area contributed by atoms with E-state index >= 15 is 0 Å². The Bertz CT molecular complexity index is 505. The van der Waals surface area contributed by atoms with Gasteiger partial charge < -0.3 is 10.5 Å². The van der Waals surface area contributed by atoms with Gasteiger partial charge in [0.15, 0.2) is 0 Å². The van der Waals surface area contributed by atoms with Crippen LogP contribution in [0.3, 0.4) is 0 Å². The van der Waals surface area contributed by atoms with Crippen molar-refractivity contribution in [3.8, 4) is 5.75 Å². The highest BCUT2D eigenvalue weighted by molar-refractivity contribution is 7.80. The van der Waals surface area contributed by atoms with Gasteiger partial charge in [0, 0.05) is 19.6 Å². The van der Waals surface area contributed by atoms with E-state index < -0.39 is 0 Å². The molecule has 2 atom stereocenters. The van der Waals surface area contributed by atoms with Crippen LogP contribution >= 0.6 is 12.2 Å². The van der Waals surface area contributed by atoms with E-state index in [1.54, 1.807) is 7.11 Å². The first kappa shape index (κ1) is 13.8. The molecule has 1 heterocycles. The number of fused-ring (bicyclic) bond motifs is 1. The number of nitrogens with two attached hydrogens (primary N) is 1. The summed E-state index contributed by atoms with van der Waals surface area (Å²) in [6.07, 6.45) is 4.27. The number of thiocarbonyl (C=S) groups is 1. The van der Waals surface area contributed by atoms with Crippen LogP contribution in [-0.2, 0) is 6.54 Å². The molecule has 108 valence electrons. The van der Waals surface area contributed by atoms with Gasteiger partial charge in [-0.3, -0.25) is 4.90 Å². The van der Waals surface area contributed by atoms with E-state index in [0.29, 0.717) is 4.99 Å². The number of likely N-dealkylation sites (tertiary alicyclic amines) is 1. The first-order valence-electron chi connectivity index (χ1n) is 7.36. The molecule has 20 heavy (non-hydrogen) atoms. The van der Waals surface area contributed by atoms with Crippen molar-refractivity contribution in [2.24, 2.45) is 17.6 Å². The van der Waals surface area contributed by atoms with Gasteiger partial charge in [0.1, 0.15) is 10.7 Å². The quantitative estimate of drug-likeness (QED) is 0.865. The van der Waals surface area contributed by atoms with E-state index in [1.807, 2.05) is 6.07 Å². The smallest absolute Gasteiger partial charge is 0.129 e. The summed E-state index contributed by atoms with van der Waals surface area (Å²) < 4.78 is 5.40. The van der Waals surface area contributed by atoms with Crippen molar-refractivity contribution in [1.82, 2.24) is 4.90 Å². The summed E-state index contributed by atoms with van der Waals surface area (Å²) >= 11 is 5.04. The Kier molecular flexibility index (Phi) is 3.94. The number of hydrogen-bond donors (Lipinski definition) is 1. The minimum absolute atomic E-state index is 0.393. The maximum absolute atomic E-state index is 5.71. The predicted molar refractivity (Wildman–Crippen MR) is 85.0 cm³/mol. The van der Waals surface area contributed by atoms with Gasteiger partial charge >= 0.3 is 0 Å². The molecule has 3 rings (SSSR count). The van der Waals surface area contributed by atoms with Crippen molar-refractivity contribution >= 4 is 17.2 Å². The van der Waals surface area contributed by atoms with E-state index in [4.69, 9.17) is 22.7 Å². The SMILES string of the molecule is COc1cc(CN2CC3CCCC3C2)ccc1C(N)=S. The van der Waals surface area contributed by atoms with Gasteiger partial charge in [0.05, 0.1) is 12.7 Å². The Morgan fingerprint density at radius 1 is 1.35 bits per heavy atom. The van der Waals surface area contributed by atoms with Gasteiger partial charge in [-0.1, -0.05) is 24.7 Å². The number of ether oxygens (including phenoxy) is 1. The zero-order chi connectivity index (χ0) is 14.1. The minimum Gasteiger partial charge on any atom is -0.496 e. The lowest BCUT2D eigenvalue weighted by molar-refractivity contribution is 0.303. The Balaban J connectivity index is 1.70. The highest BCUT2D eigenvalue weighted by atomic mass is 32.1. The average molecular weight is 290 g/mol. The van der Waals surface area contributed by atoms with Gasteiger partial charge in [-0.25, -0.2) is 0 Å². The van der Waals surface area contributed by atoms with Crippen LogP contribution < -0.4 is 10.5 Å². The molecule has 0 amide bonds. The molecule has 1 saturated carbocycles. The second kappa shape index (κ2) is 5.70. The maximum atomic E-state index is 5.71. The van der Waals surface area contributed by atoms with E-state index in [2.05, 4.69) is 17.0 Å². The van der Waals surface area contributed by atoms with Crippen LogP contribution in [0.1, 0.15) is 30.4 Å². The molecule has 1 aromatic carbocycles. The van der Waals surface area contributed by atoms with E-state index in [1.165, 1.54) is 37.9 Å². The van der Waals surface area contributed by atoms with Gasteiger partial charge in [-0.2, -0.15) is 0 Å². The molecule has 2 N–H and O–H groups in total. The summed E-state index contributed by atoms with van der Waals surface area (Å²) in [6, 6.07) is 6.17. The van der Waals surface area contributed by atoms with Crippen molar-refractivity contribution in [2.75, 3.05) is 20.2 Å². The standard InChI is InChI=1S/C16H22N2OS/c1-19-15-7-11(5-6-14(15)16(17)20)8-18-9-12-3-2-4-13(12)10-18/h5-7,12-13H,2-4,8-10H2,1H3,(H2,17,20). The van der Waals surface area contributed by atoms with E-state index in [9.17, 15) is 0 Å². The lowest BCUT2D eigenvalue weighted by atomic mass is 10.0. The molecular formula is C16H22N2OS. The second-order valence-corrected chi connectivity index (χ2v) is 6.48. The normalized spacial score (nSPS) is 25.6. The number of methoxy groups -OCH3 is 1. The zero-order valence-electron chi connectivity index (χ0n) is 12.0. The Hall–Kier alpha value is -1.13. The van der Waals surface area contributed by atoms with Crippen molar-refractivity contribution in [2.45, 2.75) is 25.8 Å². The largest absolute Gasteiger partial charge is 0.496 e. The van der Waals surface area contributed by atoms with Gasteiger partial charge in [-0.05, 0) is 42.4 Å². The fourth-order valence-corrected chi connectivity index (χ4v) is 3.93. The second-order valence-electron chi connectivity index (χ2n) is 6.04. The molecule has 4 heteroatoms. The number of rotatable bonds is 4. The van der Waals surface area contributed by atoms with Crippen LogP contribution in [0.25, 0.3) is 0 Å². The monoisotopic (exact) mass is 290 g/mol. The molecule has 0 bridgehead atoms. The van der Waals surface area contributed by atoms with Crippen LogP contribution in [0.5, 0.6) is 5.75 Å². The summed E-state index contributed by atoms with van der Waals surface area (Å²) in [7, 11) is 1.67. The van der Waals surface area contributed by atoms with Crippen molar-refractivity contribution < 1.29 is 4.74 Å². The topological polar surface area (TPSA) is 38.5 Å². The predicted octanol–water partition coefficient (Wildman–Crippen LogP) is 2.56. The average Bonchev–Trinajstić information content (AvgIpc) is 2.99. The van der Waals surface area contributed by atoms with Crippen LogP contribution in [0.15, 0.2) is 18.2 Å². The Labute approximate surface area is 126 Å². The van der Waals surface area contributed by atoms with Crippen LogP contribution in [0, 0.1) is 11.8 Å². The summed E-state index contributed by atoms with van der Waals surface area (Å²) in [5.41, 5.74) is 7.81. The molecule has 1 saturated heterocycles. The summed E-state index contributed by atoms with van der Waals surface area (Å²) in [4.78, 5) is 2.97. The number of benzene rings is 1. The summed E-state index contributed by atoms with van der Waals surface area (Å²) in [5, 5.41) is 0. The van der Waals surface area contributed by atoms with Crippen LogP contribution in [-0.4, -0.2) is 30.1 Å². The third-order valence-corrected chi connectivity index (χ3v) is 4.96. The van der Waals surface area contributed by atoms with E-state index in [-0.39, 0.29) is 0 Å². The molecule has 1 aliphatic carbocycles. The molecule has 0 spiro atoms. The van der Waals surface area contributed by atoms with Gasteiger partial charge in [-0.15, -0.1) is 0 Å². The number of hydrogen-bond acceptors (Lipinski definition) is 3. The third-order valence-electron chi connectivity index (χ3n) is 4.74. The molecule has 2 fully saturated rings. The lowest BCUT2D eigenvalue weighted by Gasteiger charge is -2.18. The Morgan fingerprint density at radius 2 is 2.05 bits per heavy atom. The van der Waals surface area contributed by atoms with Crippen molar-refractivity contribution in [3.63, 3.8) is 0 Å². The van der Waals surface area contributed by atoms with Crippen LogP contribution in [0.2, 0.25) is 0 Å². The number of nitrogens with zero attached hydrogens (tertiary/aromatic N) is 1. The first-order valence-corrected chi connectivity index (χ1v) is 7.77. The Morgan fingerprint density at radius 3 is 2.65 bits per heavy atom. The maximum Gasteiger partial charge on any atom is 0.129 e. The fraction of sp³-hybridized carbons (Fsp3) is 0.562. The molecule has 1 aliphatic heterocycles.